The first-order valence-corrected chi connectivity index (χ1v) is 7.16. The normalized spacial score (nSPS) is 17.3. The maximum Gasteiger partial charge on any atom is 0.227 e. The summed E-state index contributed by atoms with van der Waals surface area (Å²) in [6, 6.07) is 5.33. The fraction of sp³-hybridized carbons (Fsp3) is 0.533. The molecule has 0 bridgehead atoms. The lowest BCUT2D eigenvalue weighted by molar-refractivity contribution is -0.119. The first kappa shape index (κ1) is 18.5. The predicted molar refractivity (Wildman–Crippen MR) is 87.3 cm³/mol. The molecule has 1 fully saturated rings. The highest BCUT2D eigenvalue weighted by molar-refractivity contribution is 5.91. The molecule has 1 amide bonds. The second-order valence-corrected chi connectivity index (χ2v) is 4.75. The Labute approximate surface area is 136 Å². The van der Waals surface area contributed by atoms with E-state index in [-0.39, 0.29) is 24.4 Å². The van der Waals surface area contributed by atoms with Gasteiger partial charge >= 0.3 is 0 Å². The van der Waals surface area contributed by atoms with Crippen LogP contribution in [0.5, 0.6) is 11.5 Å². The van der Waals surface area contributed by atoms with Gasteiger partial charge in [-0.2, -0.15) is 0 Å². The number of carbonyl (C=O) groups is 1. The SMILES string of the molecule is CCOc1cc(NC(=O)CC2CNCCO2)ccc1OC.Cl. The maximum absolute atomic E-state index is 12.0. The first-order valence-electron chi connectivity index (χ1n) is 7.16. The lowest BCUT2D eigenvalue weighted by Crippen LogP contribution is -2.40. The minimum absolute atomic E-state index is 0. The third-order valence-corrected chi connectivity index (χ3v) is 3.16. The lowest BCUT2D eigenvalue weighted by atomic mass is 10.2. The number of ether oxygens (including phenoxy) is 3. The van der Waals surface area contributed by atoms with Gasteiger partial charge in [0.2, 0.25) is 5.91 Å². The summed E-state index contributed by atoms with van der Waals surface area (Å²) in [5.74, 6) is 1.19. The number of methoxy groups -OCH3 is 1. The van der Waals surface area contributed by atoms with Gasteiger partial charge in [0.15, 0.2) is 11.5 Å². The summed E-state index contributed by atoms with van der Waals surface area (Å²) in [6.07, 6.45) is 0.270. The van der Waals surface area contributed by atoms with Crippen LogP contribution in [-0.4, -0.2) is 45.4 Å². The summed E-state index contributed by atoms with van der Waals surface area (Å²) in [7, 11) is 1.59. The molecule has 6 nitrogen and oxygen atoms in total. The Hall–Kier alpha value is -1.50. The Balaban J connectivity index is 0.00000242. The molecule has 7 heteroatoms. The van der Waals surface area contributed by atoms with Crippen LogP contribution in [0.25, 0.3) is 0 Å². The van der Waals surface area contributed by atoms with Gasteiger partial charge in [-0.15, -0.1) is 12.4 Å². The number of carbonyl (C=O) groups excluding carboxylic acids is 1. The monoisotopic (exact) mass is 330 g/mol. The van der Waals surface area contributed by atoms with Crippen LogP contribution < -0.4 is 20.1 Å². The number of amides is 1. The van der Waals surface area contributed by atoms with Gasteiger partial charge in [-0.25, -0.2) is 0 Å². The zero-order valence-corrected chi connectivity index (χ0v) is 13.7. The zero-order valence-electron chi connectivity index (χ0n) is 12.9. The van der Waals surface area contributed by atoms with Gasteiger partial charge in [0, 0.05) is 24.8 Å². The van der Waals surface area contributed by atoms with E-state index in [9.17, 15) is 4.79 Å². The molecule has 1 unspecified atom stereocenters. The van der Waals surface area contributed by atoms with Crippen LogP contribution >= 0.6 is 12.4 Å². The number of hydrogen-bond donors (Lipinski definition) is 2. The molecule has 0 saturated carbocycles. The standard InChI is InChI=1S/C15H22N2O4.ClH/c1-3-20-14-8-11(4-5-13(14)19-2)17-15(18)9-12-10-16-6-7-21-12;/h4-5,8,12,16H,3,6-7,9-10H2,1-2H3,(H,17,18);1H. The Morgan fingerprint density at radius 3 is 2.91 bits per heavy atom. The fourth-order valence-electron chi connectivity index (χ4n) is 2.19. The average Bonchev–Trinajstić information content (AvgIpc) is 2.49. The summed E-state index contributed by atoms with van der Waals surface area (Å²) in [5.41, 5.74) is 0.688. The van der Waals surface area contributed by atoms with E-state index in [2.05, 4.69) is 10.6 Å². The Morgan fingerprint density at radius 1 is 1.45 bits per heavy atom. The minimum Gasteiger partial charge on any atom is -0.493 e. The summed E-state index contributed by atoms with van der Waals surface area (Å²) in [4.78, 5) is 12.0. The van der Waals surface area contributed by atoms with E-state index in [4.69, 9.17) is 14.2 Å². The molecule has 0 aliphatic carbocycles. The first-order chi connectivity index (χ1) is 10.2. The Bertz CT molecular complexity index is 479. The Morgan fingerprint density at radius 2 is 2.27 bits per heavy atom. The highest BCUT2D eigenvalue weighted by Gasteiger charge is 2.17. The third kappa shape index (κ3) is 5.36. The van der Waals surface area contributed by atoms with Crippen molar-refractivity contribution in [1.29, 1.82) is 0 Å². The molecule has 1 saturated heterocycles. The molecule has 0 radical (unpaired) electrons. The van der Waals surface area contributed by atoms with Crippen molar-refractivity contribution in [2.24, 2.45) is 0 Å². The van der Waals surface area contributed by atoms with E-state index < -0.39 is 0 Å². The van der Waals surface area contributed by atoms with Crippen molar-refractivity contribution in [3.05, 3.63) is 18.2 Å². The largest absolute Gasteiger partial charge is 0.493 e. The van der Waals surface area contributed by atoms with Gasteiger partial charge in [-0.1, -0.05) is 0 Å². The van der Waals surface area contributed by atoms with Gasteiger partial charge < -0.3 is 24.8 Å². The van der Waals surface area contributed by atoms with Crippen molar-refractivity contribution >= 4 is 24.0 Å². The van der Waals surface area contributed by atoms with Crippen LogP contribution in [0.4, 0.5) is 5.69 Å². The summed E-state index contributed by atoms with van der Waals surface area (Å²) >= 11 is 0. The summed E-state index contributed by atoms with van der Waals surface area (Å²) in [5, 5.41) is 6.06. The third-order valence-electron chi connectivity index (χ3n) is 3.16. The van der Waals surface area contributed by atoms with E-state index in [0.717, 1.165) is 6.54 Å². The van der Waals surface area contributed by atoms with Crippen LogP contribution in [0.15, 0.2) is 18.2 Å². The Kier molecular flexibility index (Phi) is 8.01. The predicted octanol–water partition coefficient (Wildman–Crippen LogP) is 1.83. The number of rotatable bonds is 6. The van der Waals surface area contributed by atoms with Crippen molar-refractivity contribution in [3.63, 3.8) is 0 Å². The molecule has 22 heavy (non-hydrogen) atoms. The number of halogens is 1. The molecule has 1 aromatic rings. The van der Waals surface area contributed by atoms with Crippen molar-refractivity contribution in [2.75, 3.05) is 38.7 Å². The maximum atomic E-state index is 12.0. The molecule has 1 heterocycles. The molecule has 1 aliphatic rings. The number of morpholine rings is 1. The molecule has 0 spiro atoms. The van der Waals surface area contributed by atoms with E-state index in [1.54, 1.807) is 25.3 Å². The molecular weight excluding hydrogens is 308 g/mol. The second kappa shape index (κ2) is 9.50. The van der Waals surface area contributed by atoms with E-state index in [0.29, 0.717) is 43.4 Å². The van der Waals surface area contributed by atoms with E-state index >= 15 is 0 Å². The van der Waals surface area contributed by atoms with Gasteiger partial charge in [0.1, 0.15) is 0 Å². The van der Waals surface area contributed by atoms with Crippen molar-refractivity contribution in [2.45, 2.75) is 19.4 Å². The van der Waals surface area contributed by atoms with Crippen LogP contribution in [0.3, 0.4) is 0 Å². The van der Waals surface area contributed by atoms with Crippen LogP contribution in [0, 0.1) is 0 Å². The molecule has 1 aliphatic heterocycles. The van der Waals surface area contributed by atoms with Gasteiger partial charge in [-0.3, -0.25) is 4.79 Å². The van der Waals surface area contributed by atoms with Crippen molar-refractivity contribution in [1.82, 2.24) is 5.32 Å². The summed E-state index contributed by atoms with van der Waals surface area (Å²) in [6.45, 7) is 4.64. The average molecular weight is 331 g/mol. The smallest absolute Gasteiger partial charge is 0.227 e. The topological polar surface area (TPSA) is 68.8 Å². The van der Waals surface area contributed by atoms with E-state index in [1.807, 2.05) is 6.92 Å². The molecule has 2 rings (SSSR count). The molecule has 1 aromatic carbocycles. The number of anilines is 1. The summed E-state index contributed by atoms with van der Waals surface area (Å²) < 4.78 is 16.2. The number of hydrogen-bond acceptors (Lipinski definition) is 5. The van der Waals surface area contributed by atoms with Gasteiger partial charge in [-0.05, 0) is 19.1 Å². The highest BCUT2D eigenvalue weighted by Crippen LogP contribution is 2.30. The number of benzene rings is 1. The molecule has 1 atom stereocenters. The van der Waals surface area contributed by atoms with Gasteiger partial charge in [0.25, 0.3) is 0 Å². The number of nitrogens with one attached hydrogen (secondary N) is 2. The van der Waals surface area contributed by atoms with Gasteiger partial charge in [0.05, 0.1) is 32.8 Å². The van der Waals surface area contributed by atoms with E-state index in [1.165, 1.54) is 0 Å². The quantitative estimate of drug-likeness (QED) is 0.833. The lowest BCUT2D eigenvalue weighted by Gasteiger charge is -2.23. The molecule has 124 valence electrons. The van der Waals surface area contributed by atoms with Crippen LogP contribution in [0.2, 0.25) is 0 Å². The minimum atomic E-state index is -0.0729. The molecule has 0 aromatic heterocycles. The zero-order chi connectivity index (χ0) is 15.1. The fourth-order valence-corrected chi connectivity index (χ4v) is 2.19. The molecular formula is C15H23ClN2O4. The van der Waals surface area contributed by atoms with Crippen LogP contribution in [0.1, 0.15) is 13.3 Å². The van der Waals surface area contributed by atoms with Crippen molar-refractivity contribution < 1.29 is 19.0 Å². The van der Waals surface area contributed by atoms with Crippen LogP contribution in [-0.2, 0) is 9.53 Å². The highest BCUT2D eigenvalue weighted by atomic mass is 35.5. The second-order valence-electron chi connectivity index (χ2n) is 4.75. The molecule has 2 N–H and O–H groups in total. The van der Waals surface area contributed by atoms with Crippen molar-refractivity contribution in [3.8, 4) is 11.5 Å².